The minimum atomic E-state index is -1.06. The predicted octanol–water partition coefficient (Wildman–Crippen LogP) is 0.242. The Labute approximate surface area is 113 Å². The quantitative estimate of drug-likeness (QED) is 0.821. The van der Waals surface area contributed by atoms with Crippen LogP contribution in [0.5, 0.6) is 0 Å². The van der Waals surface area contributed by atoms with Gasteiger partial charge in [0.2, 0.25) is 11.8 Å². The van der Waals surface area contributed by atoms with Gasteiger partial charge in [-0.15, -0.1) is 0 Å². The molecule has 1 saturated heterocycles. The number of hydrogen-bond acceptors (Lipinski definition) is 5. The molecule has 0 aromatic carbocycles. The number of anilines is 1. The van der Waals surface area contributed by atoms with Gasteiger partial charge in [-0.3, -0.25) is 14.5 Å². The first-order valence-corrected chi connectivity index (χ1v) is 6.58. The van der Waals surface area contributed by atoms with Gasteiger partial charge in [0.1, 0.15) is 4.88 Å². The number of thiazole rings is 1. The summed E-state index contributed by atoms with van der Waals surface area (Å²) >= 11 is 0.949. The third kappa shape index (κ3) is 2.43. The molecular formula is C11H13N3O4S. The lowest BCUT2D eigenvalue weighted by molar-refractivity contribution is -0.123. The first-order chi connectivity index (χ1) is 8.93. The van der Waals surface area contributed by atoms with Crippen molar-refractivity contribution in [3.63, 3.8) is 0 Å². The normalized spacial score (nSPS) is 18.9. The fraction of sp³-hybridized carbons (Fsp3) is 0.455. The van der Waals surface area contributed by atoms with Crippen molar-refractivity contribution in [2.75, 3.05) is 11.4 Å². The van der Waals surface area contributed by atoms with Crippen molar-refractivity contribution in [3.05, 3.63) is 10.6 Å². The Morgan fingerprint density at radius 2 is 2.26 bits per heavy atom. The Morgan fingerprint density at radius 3 is 2.68 bits per heavy atom. The van der Waals surface area contributed by atoms with Crippen LogP contribution >= 0.6 is 11.3 Å². The molecule has 2 rings (SSSR count). The molecule has 19 heavy (non-hydrogen) atoms. The number of aromatic carboxylic acids is 1. The second-order valence-corrected chi connectivity index (χ2v) is 5.22. The molecule has 0 radical (unpaired) electrons. The summed E-state index contributed by atoms with van der Waals surface area (Å²) in [7, 11) is 0. The highest BCUT2D eigenvalue weighted by Gasteiger charge is 2.36. The van der Waals surface area contributed by atoms with Crippen molar-refractivity contribution in [2.45, 2.75) is 19.8 Å². The molecule has 1 aliphatic heterocycles. The van der Waals surface area contributed by atoms with Crippen molar-refractivity contribution < 1.29 is 19.5 Å². The topological polar surface area (TPSA) is 114 Å². The van der Waals surface area contributed by atoms with E-state index in [2.05, 4.69) is 4.98 Å². The van der Waals surface area contributed by atoms with Gasteiger partial charge < -0.3 is 10.8 Å². The summed E-state index contributed by atoms with van der Waals surface area (Å²) in [5.74, 6) is -2.37. The number of aromatic nitrogens is 1. The summed E-state index contributed by atoms with van der Waals surface area (Å²) in [4.78, 5) is 39.6. The number of carboxylic acids is 1. The van der Waals surface area contributed by atoms with Crippen molar-refractivity contribution >= 4 is 34.3 Å². The van der Waals surface area contributed by atoms with Crippen LogP contribution in [0.3, 0.4) is 0 Å². The number of nitrogens with zero attached hydrogens (tertiary/aromatic N) is 2. The summed E-state index contributed by atoms with van der Waals surface area (Å²) < 4.78 is 0. The number of primary amides is 1. The van der Waals surface area contributed by atoms with E-state index in [9.17, 15) is 14.4 Å². The Bertz CT molecular complexity index is 554. The smallest absolute Gasteiger partial charge is 0.347 e. The third-order valence-electron chi connectivity index (χ3n) is 2.97. The fourth-order valence-electron chi connectivity index (χ4n) is 1.94. The minimum absolute atomic E-state index is 0.0543. The lowest BCUT2D eigenvalue weighted by Gasteiger charge is -2.11. The van der Waals surface area contributed by atoms with E-state index in [1.54, 1.807) is 6.92 Å². The number of hydrogen-bond donors (Lipinski definition) is 2. The molecule has 8 heteroatoms. The van der Waals surface area contributed by atoms with Gasteiger partial charge in [-0.1, -0.05) is 18.3 Å². The second-order valence-electron chi connectivity index (χ2n) is 4.24. The molecule has 2 heterocycles. The molecule has 3 N–H and O–H groups in total. The van der Waals surface area contributed by atoms with E-state index in [-0.39, 0.29) is 23.7 Å². The fourth-order valence-corrected chi connectivity index (χ4v) is 2.96. The van der Waals surface area contributed by atoms with E-state index in [0.29, 0.717) is 17.2 Å². The highest BCUT2D eigenvalue weighted by atomic mass is 32.1. The number of aryl methyl sites for hydroxylation is 1. The van der Waals surface area contributed by atoms with Gasteiger partial charge in [-0.2, -0.15) is 0 Å². The van der Waals surface area contributed by atoms with Gasteiger partial charge in [0, 0.05) is 13.0 Å². The third-order valence-corrected chi connectivity index (χ3v) is 4.08. The van der Waals surface area contributed by atoms with E-state index in [0.717, 1.165) is 11.3 Å². The minimum Gasteiger partial charge on any atom is -0.477 e. The number of carbonyl (C=O) groups excluding carboxylic acids is 2. The summed E-state index contributed by atoms with van der Waals surface area (Å²) in [5, 5.41) is 9.37. The maximum atomic E-state index is 11.8. The highest BCUT2D eigenvalue weighted by molar-refractivity contribution is 7.17. The van der Waals surface area contributed by atoms with Crippen LogP contribution in [0.2, 0.25) is 0 Å². The first-order valence-electron chi connectivity index (χ1n) is 5.76. The molecule has 1 aromatic heterocycles. The zero-order valence-corrected chi connectivity index (χ0v) is 11.1. The largest absolute Gasteiger partial charge is 0.477 e. The molecule has 0 spiro atoms. The van der Waals surface area contributed by atoms with Gasteiger partial charge in [0.15, 0.2) is 5.13 Å². The molecule has 1 fully saturated rings. The van der Waals surface area contributed by atoms with Crippen LogP contribution in [0.25, 0.3) is 0 Å². The van der Waals surface area contributed by atoms with Crippen LogP contribution in [0.4, 0.5) is 5.13 Å². The van der Waals surface area contributed by atoms with Gasteiger partial charge in [0.25, 0.3) is 0 Å². The Balaban J connectivity index is 2.30. The molecule has 1 atom stereocenters. The average molecular weight is 283 g/mol. The maximum absolute atomic E-state index is 11.8. The number of nitrogens with two attached hydrogens (primary N) is 1. The van der Waals surface area contributed by atoms with Crippen LogP contribution in [-0.2, 0) is 16.0 Å². The van der Waals surface area contributed by atoms with Crippen LogP contribution in [0.1, 0.15) is 28.7 Å². The molecule has 0 aliphatic carbocycles. The van der Waals surface area contributed by atoms with Crippen molar-refractivity contribution in [1.82, 2.24) is 4.98 Å². The maximum Gasteiger partial charge on any atom is 0.347 e. The Kier molecular flexibility index (Phi) is 3.52. The van der Waals surface area contributed by atoms with E-state index < -0.39 is 17.8 Å². The molecular weight excluding hydrogens is 270 g/mol. The van der Waals surface area contributed by atoms with Crippen LogP contribution in [0, 0.1) is 5.92 Å². The monoisotopic (exact) mass is 283 g/mol. The molecule has 1 aromatic rings. The Morgan fingerprint density at radius 1 is 1.58 bits per heavy atom. The number of carboxylic acid groups (broad SMARTS) is 1. The average Bonchev–Trinajstić information content (AvgIpc) is 2.91. The summed E-state index contributed by atoms with van der Waals surface area (Å²) in [6.45, 7) is 1.97. The molecule has 7 nitrogen and oxygen atoms in total. The van der Waals surface area contributed by atoms with Gasteiger partial charge >= 0.3 is 5.97 Å². The van der Waals surface area contributed by atoms with Crippen molar-refractivity contribution in [3.8, 4) is 0 Å². The van der Waals surface area contributed by atoms with Crippen molar-refractivity contribution in [1.29, 1.82) is 0 Å². The highest BCUT2D eigenvalue weighted by Crippen LogP contribution is 2.31. The predicted molar refractivity (Wildman–Crippen MR) is 68.1 cm³/mol. The number of amides is 2. The lowest BCUT2D eigenvalue weighted by atomic mass is 10.1. The van der Waals surface area contributed by atoms with E-state index in [1.165, 1.54) is 4.90 Å². The summed E-state index contributed by atoms with van der Waals surface area (Å²) in [5.41, 5.74) is 5.63. The van der Waals surface area contributed by atoms with Crippen molar-refractivity contribution in [2.24, 2.45) is 11.7 Å². The molecule has 1 unspecified atom stereocenters. The molecule has 1 aliphatic rings. The Hall–Kier alpha value is -1.96. The van der Waals surface area contributed by atoms with Crippen LogP contribution in [0.15, 0.2) is 0 Å². The standard InChI is InChI=1S/C11H13N3O4S/c1-2-6-8(10(17)18)19-11(13-6)14-4-5(9(12)16)3-7(14)15/h5H,2-4H2,1H3,(H2,12,16)(H,17,18). The van der Waals surface area contributed by atoms with E-state index in [1.807, 2.05) is 0 Å². The molecule has 2 amide bonds. The molecule has 102 valence electrons. The van der Waals surface area contributed by atoms with Crippen LogP contribution in [-0.4, -0.2) is 34.4 Å². The number of carbonyl (C=O) groups is 3. The number of rotatable bonds is 4. The lowest BCUT2D eigenvalue weighted by Crippen LogP contribution is -2.28. The van der Waals surface area contributed by atoms with E-state index in [4.69, 9.17) is 10.8 Å². The zero-order valence-electron chi connectivity index (χ0n) is 10.3. The van der Waals surface area contributed by atoms with Crippen LogP contribution < -0.4 is 10.6 Å². The zero-order chi connectivity index (χ0) is 14.2. The summed E-state index contributed by atoms with van der Waals surface area (Å²) in [6.07, 6.45) is 0.526. The molecule has 0 saturated carbocycles. The van der Waals surface area contributed by atoms with E-state index >= 15 is 0 Å². The molecule has 0 bridgehead atoms. The second kappa shape index (κ2) is 4.96. The summed E-state index contributed by atoms with van der Waals surface area (Å²) in [6, 6.07) is 0. The van der Waals surface area contributed by atoms with Gasteiger partial charge in [-0.05, 0) is 6.42 Å². The SMILES string of the molecule is CCc1nc(N2CC(C(N)=O)CC2=O)sc1C(=O)O. The van der Waals surface area contributed by atoms with Gasteiger partial charge in [-0.25, -0.2) is 9.78 Å². The first kappa shape index (κ1) is 13.5. The van der Waals surface area contributed by atoms with Gasteiger partial charge in [0.05, 0.1) is 11.6 Å².